The highest BCUT2D eigenvalue weighted by molar-refractivity contribution is 5.64. The molecule has 110 valence electrons. The van der Waals surface area contributed by atoms with Crippen LogP contribution in [0, 0.1) is 27.7 Å². The Labute approximate surface area is 124 Å². The third-order valence-electron chi connectivity index (χ3n) is 4.82. The predicted octanol–water partition coefficient (Wildman–Crippen LogP) is 4.59. The standard InChI is InChI=1S/C18H20O3/c1-8-10(3)17-13(6-15(8)19)12(5)14-7-16(20)9(2)11(4)18(14)21-17/h6-7,12,19-20H,1-5H3. The number of hydrogen-bond acceptors (Lipinski definition) is 3. The second kappa shape index (κ2) is 4.42. The molecular formula is C18H20O3. The van der Waals surface area contributed by atoms with Gasteiger partial charge in [-0.05, 0) is 62.1 Å². The van der Waals surface area contributed by atoms with Crippen LogP contribution in [0.5, 0.6) is 23.0 Å². The van der Waals surface area contributed by atoms with Crippen molar-refractivity contribution in [2.45, 2.75) is 40.5 Å². The summed E-state index contributed by atoms with van der Waals surface area (Å²) in [6, 6.07) is 3.55. The normalized spacial score (nSPS) is 13.6. The third-order valence-corrected chi connectivity index (χ3v) is 4.82. The Bertz CT molecular complexity index is 697. The van der Waals surface area contributed by atoms with Crippen LogP contribution in [0.2, 0.25) is 0 Å². The van der Waals surface area contributed by atoms with Crippen molar-refractivity contribution in [3.8, 4) is 23.0 Å². The number of fused-ring (bicyclic) bond motifs is 2. The van der Waals surface area contributed by atoms with Gasteiger partial charge in [-0.25, -0.2) is 0 Å². The number of phenolic OH excluding ortho intramolecular Hbond substituents is 2. The SMILES string of the molecule is Cc1c(O)cc2c(c1C)Oc1c(cc(O)c(C)c1C)C2C. The molecule has 0 bridgehead atoms. The molecule has 2 aromatic carbocycles. The molecule has 0 atom stereocenters. The number of aromatic hydroxyl groups is 2. The van der Waals surface area contributed by atoms with E-state index in [1.54, 1.807) is 12.1 Å². The zero-order valence-corrected chi connectivity index (χ0v) is 13.0. The zero-order chi connectivity index (χ0) is 15.5. The number of hydrogen-bond donors (Lipinski definition) is 2. The van der Waals surface area contributed by atoms with Crippen LogP contribution < -0.4 is 4.74 Å². The first-order valence-electron chi connectivity index (χ1n) is 7.16. The van der Waals surface area contributed by atoms with Crippen LogP contribution in [0.25, 0.3) is 0 Å². The molecule has 3 heteroatoms. The van der Waals surface area contributed by atoms with Gasteiger partial charge in [0.2, 0.25) is 0 Å². The smallest absolute Gasteiger partial charge is 0.134 e. The maximum Gasteiger partial charge on any atom is 0.134 e. The number of benzene rings is 2. The van der Waals surface area contributed by atoms with Gasteiger partial charge < -0.3 is 14.9 Å². The van der Waals surface area contributed by atoms with Gasteiger partial charge >= 0.3 is 0 Å². The fourth-order valence-corrected chi connectivity index (χ4v) is 2.98. The zero-order valence-electron chi connectivity index (χ0n) is 13.0. The molecule has 0 aromatic heterocycles. The third kappa shape index (κ3) is 1.80. The van der Waals surface area contributed by atoms with Crippen LogP contribution in [-0.2, 0) is 0 Å². The summed E-state index contributed by atoms with van der Waals surface area (Å²) in [6.07, 6.45) is 0. The molecule has 0 aliphatic carbocycles. The van der Waals surface area contributed by atoms with Crippen LogP contribution >= 0.6 is 0 Å². The topological polar surface area (TPSA) is 49.7 Å². The minimum atomic E-state index is 0.0687. The fraction of sp³-hybridized carbons (Fsp3) is 0.333. The molecule has 1 heterocycles. The van der Waals surface area contributed by atoms with E-state index in [2.05, 4.69) is 6.92 Å². The van der Waals surface area contributed by atoms with Crippen molar-refractivity contribution in [3.63, 3.8) is 0 Å². The monoisotopic (exact) mass is 284 g/mol. The van der Waals surface area contributed by atoms with Crippen molar-refractivity contribution in [3.05, 3.63) is 45.5 Å². The highest BCUT2D eigenvalue weighted by Crippen LogP contribution is 2.50. The molecule has 0 spiro atoms. The molecule has 0 fully saturated rings. The first kappa shape index (κ1) is 13.8. The molecule has 21 heavy (non-hydrogen) atoms. The lowest BCUT2D eigenvalue weighted by Gasteiger charge is -2.30. The summed E-state index contributed by atoms with van der Waals surface area (Å²) in [5.41, 5.74) is 5.55. The van der Waals surface area contributed by atoms with Crippen molar-refractivity contribution in [1.29, 1.82) is 0 Å². The summed E-state index contributed by atoms with van der Waals surface area (Å²) >= 11 is 0. The molecule has 0 saturated carbocycles. The Morgan fingerprint density at radius 3 is 1.52 bits per heavy atom. The van der Waals surface area contributed by atoms with Gasteiger partial charge in [-0.1, -0.05) is 6.92 Å². The summed E-state index contributed by atoms with van der Waals surface area (Å²) in [5, 5.41) is 20.1. The quantitative estimate of drug-likeness (QED) is 0.744. The lowest BCUT2D eigenvalue weighted by Crippen LogP contribution is -2.11. The van der Waals surface area contributed by atoms with Crippen molar-refractivity contribution in [1.82, 2.24) is 0 Å². The minimum absolute atomic E-state index is 0.0687. The Kier molecular flexibility index (Phi) is 2.90. The Hall–Kier alpha value is -2.16. The maximum absolute atomic E-state index is 10.1. The van der Waals surface area contributed by atoms with Crippen molar-refractivity contribution >= 4 is 0 Å². The average Bonchev–Trinajstić information content (AvgIpc) is 2.45. The molecular weight excluding hydrogens is 264 g/mol. The van der Waals surface area contributed by atoms with Gasteiger partial charge in [0.1, 0.15) is 23.0 Å². The van der Waals surface area contributed by atoms with E-state index >= 15 is 0 Å². The highest BCUT2D eigenvalue weighted by atomic mass is 16.5. The molecule has 2 aromatic rings. The summed E-state index contributed by atoms with van der Waals surface area (Å²) in [6.45, 7) is 9.79. The van der Waals surface area contributed by atoms with E-state index in [9.17, 15) is 10.2 Å². The van der Waals surface area contributed by atoms with Gasteiger partial charge in [0.15, 0.2) is 0 Å². The van der Waals surface area contributed by atoms with E-state index < -0.39 is 0 Å². The van der Waals surface area contributed by atoms with Gasteiger partial charge in [-0.2, -0.15) is 0 Å². The Morgan fingerprint density at radius 1 is 0.762 bits per heavy atom. The summed E-state index contributed by atoms with van der Waals surface area (Å²) < 4.78 is 6.16. The fourth-order valence-electron chi connectivity index (χ4n) is 2.98. The molecule has 0 saturated heterocycles. The van der Waals surface area contributed by atoms with Gasteiger partial charge in [-0.15, -0.1) is 0 Å². The van der Waals surface area contributed by atoms with Crippen molar-refractivity contribution < 1.29 is 14.9 Å². The number of ether oxygens (including phenoxy) is 1. The molecule has 1 aliphatic heterocycles. The first-order chi connectivity index (χ1) is 9.82. The Balaban J connectivity index is 2.30. The molecule has 0 unspecified atom stereocenters. The maximum atomic E-state index is 10.1. The lowest BCUT2D eigenvalue weighted by atomic mass is 9.85. The summed E-state index contributed by atoms with van der Waals surface area (Å²) in [7, 11) is 0. The van der Waals surface area contributed by atoms with Gasteiger partial charge in [0.05, 0.1) is 0 Å². The largest absolute Gasteiger partial charge is 0.508 e. The van der Waals surface area contributed by atoms with Gasteiger partial charge in [0.25, 0.3) is 0 Å². The number of phenols is 2. The van der Waals surface area contributed by atoms with Crippen LogP contribution in [0.3, 0.4) is 0 Å². The molecule has 3 nitrogen and oxygen atoms in total. The minimum Gasteiger partial charge on any atom is -0.508 e. The van der Waals surface area contributed by atoms with E-state index in [1.807, 2.05) is 27.7 Å². The Morgan fingerprint density at radius 2 is 1.14 bits per heavy atom. The van der Waals surface area contributed by atoms with E-state index in [1.165, 1.54) is 0 Å². The first-order valence-corrected chi connectivity index (χ1v) is 7.16. The van der Waals surface area contributed by atoms with Crippen molar-refractivity contribution in [2.75, 3.05) is 0 Å². The number of rotatable bonds is 0. The second-order valence-electron chi connectivity index (χ2n) is 5.95. The summed E-state index contributed by atoms with van der Waals surface area (Å²) in [4.78, 5) is 0. The molecule has 2 N–H and O–H groups in total. The predicted molar refractivity (Wildman–Crippen MR) is 82.8 cm³/mol. The van der Waals surface area contributed by atoms with E-state index in [-0.39, 0.29) is 5.92 Å². The lowest BCUT2D eigenvalue weighted by molar-refractivity contribution is 0.424. The molecule has 3 rings (SSSR count). The van der Waals surface area contributed by atoms with Crippen LogP contribution in [0.4, 0.5) is 0 Å². The van der Waals surface area contributed by atoms with E-state index in [0.717, 1.165) is 44.9 Å². The van der Waals surface area contributed by atoms with Crippen LogP contribution in [0.1, 0.15) is 46.2 Å². The molecule has 1 aliphatic rings. The van der Waals surface area contributed by atoms with Gasteiger partial charge in [-0.3, -0.25) is 0 Å². The van der Waals surface area contributed by atoms with Crippen LogP contribution in [-0.4, -0.2) is 10.2 Å². The average molecular weight is 284 g/mol. The highest BCUT2D eigenvalue weighted by Gasteiger charge is 2.29. The second-order valence-corrected chi connectivity index (χ2v) is 5.95. The van der Waals surface area contributed by atoms with Gasteiger partial charge in [0, 0.05) is 17.0 Å². The molecule has 0 amide bonds. The van der Waals surface area contributed by atoms with Crippen molar-refractivity contribution in [2.24, 2.45) is 0 Å². The summed E-state index contributed by atoms with van der Waals surface area (Å²) in [5.74, 6) is 2.31. The van der Waals surface area contributed by atoms with Crippen LogP contribution in [0.15, 0.2) is 12.1 Å². The van der Waals surface area contributed by atoms with E-state index in [4.69, 9.17) is 4.74 Å². The van der Waals surface area contributed by atoms with E-state index in [0.29, 0.717) is 11.5 Å². The molecule has 0 radical (unpaired) electrons.